The number of hydrogen-bond acceptors (Lipinski definition) is 5. The van der Waals surface area contributed by atoms with Gasteiger partial charge in [-0.1, -0.05) is 6.08 Å². The summed E-state index contributed by atoms with van der Waals surface area (Å²) in [6.07, 6.45) is 5.05. The molecule has 4 rings (SSSR count). The second-order valence-electron chi connectivity index (χ2n) is 9.65. The molecule has 0 bridgehead atoms. The van der Waals surface area contributed by atoms with Crippen molar-refractivity contribution in [3.8, 4) is 0 Å². The van der Waals surface area contributed by atoms with Gasteiger partial charge in [-0.05, 0) is 68.2 Å². The molecule has 10 nitrogen and oxygen atoms in total. The Labute approximate surface area is 225 Å². The van der Waals surface area contributed by atoms with Crippen LogP contribution in [0.3, 0.4) is 0 Å². The molecule has 1 saturated heterocycles. The highest BCUT2D eigenvalue weighted by atomic mass is 19.1. The van der Waals surface area contributed by atoms with E-state index in [0.717, 1.165) is 18.4 Å². The molecule has 3 heterocycles. The van der Waals surface area contributed by atoms with Crippen LogP contribution >= 0.6 is 0 Å². The lowest BCUT2D eigenvalue weighted by atomic mass is 10.1. The van der Waals surface area contributed by atoms with E-state index in [4.69, 9.17) is 4.74 Å². The number of hydrogen-bond donors (Lipinski definition) is 2. The minimum absolute atomic E-state index is 0.0326. The molecule has 0 aliphatic carbocycles. The fourth-order valence-electron chi connectivity index (χ4n) is 4.32. The molecule has 0 radical (unpaired) electrons. The lowest BCUT2D eigenvalue weighted by Gasteiger charge is -2.21. The number of anilines is 1. The SMILES string of the molecule is CN(C)C(=O)/C=C/CCC(OC(=O)N1CCCC1)C(=O)Nc1cccn(Cc2cc3cc(F)ccc3[nH]2)c1=O. The quantitative estimate of drug-likeness (QED) is 0.406. The van der Waals surface area contributed by atoms with Gasteiger partial charge in [0.25, 0.3) is 11.5 Å². The minimum Gasteiger partial charge on any atom is -0.436 e. The largest absolute Gasteiger partial charge is 0.436 e. The van der Waals surface area contributed by atoms with Gasteiger partial charge < -0.3 is 29.4 Å². The maximum absolute atomic E-state index is 13.5. The zero-order valence-corrected chi connectivity index (χ0v) is 22.0. The van der Waals surface area contributed by atoms with Gasteiger partial charge >= 0.3 is 6.09 Å². The van der Waals surface area contributed by atoms with Crippen LogP contribution in [0.5, 0.6) is 0 Å². The summed E-state index contributed by atoms with van der Waals surface area (Å²) in [6.45, 7) is 1.30. The third-order valence-electron chi connectivity index (χ3n) is 6.45. The first-order valence-electron chi connectivity index (χ1n) is 12.8. The van der Waals surface area contributed by atoms with Crippen molar-refractivity contribution in [1.29, 1.82) is 0 Å². The minimum atomic E-state index is -1.16. The van der Waals surface area contributed by atoms with Crippen molar-refractivity contribution >= 4 is 34.5 Å². The predicted molar refractivity (Wildman–Crippen MR) is 145 cm³/mol. The summed E-state index contributed by atoms with van der Waals surface area (Å²) in [5.41, 5.74) is 1.02. The molecule has 39 heavy (non-hydrogen) atoms. The fraction of sp³-hybridized carbons (Fsp3) is 0.357. The second kappa shape index (κ2) is 12.4. The van der Waals surface area contributed by atoms with E-state index in [2.05, 4.69) is 10.3 Å². The van der Waals surface area contributed by atoms with E-state index in [9.17, 15) is 23.6 Å². The van der Waals surface area contributed by atoms with E-state index < -0.39 is 23.7 Å². The van der Waals surface area contributed by atoms with Gasteiger partial charge in [0.15, 0.2) is 6.10 Å². The normalized spacial score (nSPS) is 14.1. The van der Waals surface area contributed by atoms with Gasteiger partial charge in [-0.2, -0.15) is 0 Å². The molecule has 0 saturated carbocycles. The van der Waals surface area contributed by atoms with Gasteiger partial charge in [0.1, 0.15) is 11.5 Å². The first-order chi connectivity index (χ1) is 18.7. The van der Waals surface area contributed by atoms with Gasteiger partial charge in [0.2, 0.25) is 5.91 Å². The maximum atomic E-state index is 13.5. The highest BCUT2D eigenvalue weighted by molar-refractivity contribution is 5.95. The summed E-state index contributed by atoms with van der Waals surface area (Å²) in [5, 5.41) is 3.29. The Morgan fingerprint density at radius 1 is 1.18 bits per heavy atom. The van der Waals surface area contributed by atoms with Crippen LogP contribution in [-0.4, -0.2) is 70.5 Å². The number of H-pyrrole nitrogens is 1. The monoisotopic (exact) mass is 537 g/mol. The number of aromatic nitrogens is 2. The van der Waals surface area contributed by atoms with E-state index >= 15 is 0 Å². The lowest BCUT2D eigenvalue weighted by molar-refractivity contribution is -0.125. The first kappa shape index (κ1) is 27.6. The zero-order chi connectivity index (χ0) is 27.9. The molecule has 0 spiro atoms. The summed E-state index contributed by atoms with van der Waals surface area (Å²) in [5.74, 6) is -1.18. The summed E-state index contributed by atoms with van der Waals surface area (Å²) < 4.78 is 20.5. The molecular formula is C28H32FN5O5. The highest BCUT2D eigenvalue weighted by Gasteiger charge is 2.27. The Morgan fingerprint density at radius 2 is 1.95 bits per heavy atom. The highest BCUT2D eigenvalue weighted by Crippen LogP contribution is 2.18. The number of likely N-dealkylation sites (N-methyl/N-ethyl adjacent to an activating group) is 1. The van der Waals surface area contributed by atoms with Gasteiger partial charge in [-0.15, -0.1) is 0 Å². The van der Waals surface area contributed by atoms with Crippen LogP contribution in [0.25, 0.3) is 10.9 Å². The molecule has 11 heteroatoms. The third kappa shape index (κ3) is 7.13. The number of nitrogens with one attached hydrogen (secondary N) is 2. The Kier molecular flexibility index (Phi) is 8.80. The van der Waals surface area contributed by atoms with Crippen molar-refractivity contribution in [2.75, 3.05) is 32.5 Å². The van der Waals surface area contributed by atoms with Gasteiger partial charge in [0.05, 0.1) is 6.54 Å². The zero-order valence-electron chi connectivity index (χ0n) is 22.0. The Morgan fingerprint density at radius 3 is 2.69 bits per heavy atom. The summed E-state index contributed by atoms with van der Waals surface area (Å²) in [4.78, 5) is 56.8. The first-order valence-corrected chi connectivity index (χ1v) is 12.8. The number of rotatable bonds is 9. The molecule has 2 N–H and O–H groups in total. The number of likely N-dealkylation sites (tertiary alicyclic amines) is 1. The number of carbonyl (C=O) groups is 3. The number of aromatic amines is 1. The maximum Gasteiger partial charge on any atom is 0.410 e. The standard InChI is InChI=1S/C28H32FN5O5/c1-32(2)25(35)10-4-3-9-24(39-28(38)33-13-5-6-14-33)26(36)31-23-8-7-15-34(27(23)37)18-21-17-19-16-20(29)11-12-22(19)30-21/h4,7-8,10-12,15-17,24,30H,3,5-6,9,13-14,18H2,1-2H3,(H,31,36)/b10-4+. The van der Waals surface area contributed by atoms with Crippen LogP contribution in [0.15, 0.2) is 59.5 Å². The van der Waals surface area contributed by atoms with Crippen LogP contribution in [0.2, 0.25) is 0 Å². The van der Waals surface area contributed by atoms with Crippen LogP contribution in [0.1, 0.15) is 31.4 Å². The smallest absolute Gasteiger partial charge is 0.410 e. The number of benzene rings is 1. The number of amides is 3. The molecule has 1 fully saturated rings. The summed E-state index contributed by atoms with van der Waals surface area (Å²) in [7, 11) is 3.26. The number of nitrogens with zero attached hydrogens (tertiary/aromatic N) is 3. The van der Waals surface area contributed by atoms with Crippen molar-refractivity contribution in [2.45, 2.75) is 38.3 Å². The number of carbonyl (C=O) groups excluding carboxylic acids is 3. The van der Waals surface area contributed by atoms with Gasteiger partial charge in [0, 0.05) is 50.0 Å². The average Bonchev–Trinajstić information content (AvgIpc) is 3.57. The Bertz CT molecular complexity index is 1440. The topological polar surface area (TPSA) is 117 Å². The molecule has 1 aliphatic heterocycles. The molecule has 3 aromatic rings. The molecule has 1 unspecified atom stereocenters. The predicted octanol–water partition coefficient (Wildman–Crippen LogP) is 3.48. The second-order valence-corrected chi connectivity index (χ2v) is 9.65. The van der Waals surface area contributed by atoms with Crippen molar-refractivity contribution in [1.82, 2.24) is 19.4 Å². The molecule has 1 aliphatic rings. The number of pyridine rings is 1. The Balaban J connectivity index is 1.47. The summed E-state index contributed by atoms with van der Waals surface area (Å²) >= 11 is 0. The van der Waals surface area contributed by atoms with Crippen molar-refractivity contribution in [3.63, 3.8) is 0 Å². The van der Waals surface area contributed by atoms with E-state index in [1.54, 1.807) is 49.5 Å². The van der Waals surface area contributed by atoms with E-state index in [1.165, 1.54) is 33.7 Å². The van der Waals surface area contributed by atoms with Crippen LogP contribution in [0.4, 0.5) is 14.9 Å². The van der Waals surface area contributed by atoms with Crippen molar-refractivity contribution in [3.05, 3.63) is 76.6 Å². The van der Waals surface area contributed by atoms with Gasteiger partial charge in [-0.25, -0.2) is 9.18 Å². The average molecular weight is 538 g/mol. The number of fused-ring (bicyclic) bond motifs is 1. The van der Waals surface area contributed by atoms with Crippen LogP contribution in [-0.2, 0) is 20.9 Å². The van der Waals surface area contributed by atoms with E-state index in [1.807, 2.05) is 0 Å². The van der Waals surface area contributed by atoms with Gasteiger partial charge in [-0.3, -0.25) is 14.4 Å². The fourth-order valence-corrected chi connectivity index (χ4v) is 4.32. The summed E-state index contributed by atoms with van der Waals surface area (Å²) in [6, 6.07) is 9.26. The molecule has 2 aromatic heterocycles. The van der Waals surface area contributed by atoms with Crippen LogP contribution in [0, 0.1) is 5.82 Å². The lowest BCUT2D eigenvalue weighted by Crippen LogP contribution is -2.39. The number of ether oxygens (including phenoxy) is 1. The van der Waals surface area contributed by atoms with Crippen molar-refractivity contribution in [2.24, 2.45) is 0 Å². The number of halogens is 1. The molecule has 1 atom stereocenters. The number of allylic oxidation sites excluding steroid dienone is 1. The molecule has 206 valence electrons. The molecular weight excluding hydrogens is 505 g/mol. The van der Waals surface area contributed by atoms with Crippen molar-refractivity contribution < 1.29 is 23.5 Å². The molecule has 3 amide bonds. The Hall–Kier alpha value is -4.41. The molecule has 1 aromatic carbocycles. The van der Waals surface area contributed by atoms with Crippen LogP contribution < -0.4 is 10.9 Å². The van der Waals surface area contributed by atoms with E-state index in [0.29, 0.717) is 30.6 Å². The van der Waals surface area contributed by atoms with E-state index in [-0.39, 0.29) is 30.4 Å². The third-order valence-corrected chi connectivity index (χ3v) is 6.45.